The molecule has 0 spiro atoms. The van der Waals surface area contributed by atoms with Gasteiger partial charge in [-0.05, 0) is 74.0 Å². The van der Waals surface area contributed by atoms with Gasteiger partial charge in [0.05, 0.1) is 21.2 Å². The van der Waals surface area contributed by atoms with Crippen LogP contribution < -0.4 is 15.8 Å². The van der Waals surface area contributed by atoms with Crippen molar-refractivity contribution in [1.29, 1.82) is 0 Å². The Morgan fingerprint density at radius 2 is 1.84 bits per heavy atom. The van der Waals surface area contributed by atoms with Crippen LogP contribution >= 0.6 is 11.3 Å². The first-order chi connectivity index (χ1) is 17.5. The highest BCUT2D eigenvalue weighted by Crippen LogP contribution is 2.32. The fraction of sp³-hybridized carbons (Fsp3) is 0.269. The van der Waals surface area contributed by atoms with E-state index in [1.165, 1.54) is 23.5 Å². The lowest BCUT2D eigenvalue weighted by molar-refractivity contribution is -0.0925. The van der Waals surface area contributed by atoms with Crippen molar-refractivity contribution in [1.82, 2.24) is 5.32 Å². The number of allylic oxidation sites excluding steroid dienone is 2. The van der Waals surface area contributed by atoms with Crippen molar-refractivity contribution in [2.24, 2.45) is 10.7 Å². The highest BCUT2D eigenvalue weighted by molar-refractivity contribution is 7.90. The van der Waals surface area contributed by atoms with Crippen molar-refractivity contribution in [3.63, 3.8) is 0 Å². The molecule has 2 heterocycles. The van der Waals surface area contributed by atoms with Gasteiger partial charge in [0, 0.05) is 17.2 Å². The number of benzene rings is 2. The maximum Gasteiger partial charge on any atom is 0.430 e. The van der Waals surface area contributed by atoms with Crippen LogP contribution in [0.3, 0.4) is 0 Å². The van der Waals surface area contributed by atoms with Gasteiger partial charge in [0.15, 0.2) is 9.84 Å². The predicted molar refractivity (Wildman–Crippen MR) is 140 cm³/mol. The Morgan fingerprint density at radius 1 is 1.11 bits per heavy atom. The van der Waals surface area contributed by atoms with Crippen molar-refractivity contribution in [2.45, 2.75) is 30.0 Å². The van der Waals surface area contributed by atoms with E-state index in [1.54, 1.807) is 48.5 Å². The first kappa shape index (κ1) is 26.9. The van der Waals surface area contributed by atoms with Crippen molar-refractivity contribution in [3.8, 4) is 16.2 Å². The van der Waals surface area contributed by atoms with Gasteiger partial charge in [0.1, 0.15) is 17.6 Å². The first-order valence-corrected chi connectivity index (χ1v) is 14.2. The molecule has 11 heteroatoms. The standard InChI is InChI=1S/C26H26F3N3O3S2/c1-37(33,34)21-7-2-4-17(14-21)23-8-9-24(36-23)22(16-25(30)26(27,28)29)32-18-5-3-6-20(15-18)35-19-10-12-31-13-11-19/h2-9,14-16,19,31H,10-13,30H2,1H3. The summed E-state index contributed by atoms with van der Waals surface area (Å²) in [6.07, 6.45) is -1.01. The van der Waals surface area contributed by atoms with Crippen molar-refractivity contribution in [2.75, 3.05) is 19.3 Å². The SMILES string of the molecule is CS(=O)(=O)c1cccc(-c2ccc(C(C=C(N)C(F)(F)F)=Nc3cccc(OC4CCNCC4)c3)s2)c1. The molecule has 4 rings (SSSR count). The third kappa shape index (κ3) is 7.21. The highest BCUT2D eigenvalue weighted by Gasteiger charge is 2.32. The summed E-state index contributed by atoms with van der Waals surface area (Å²) in [5.74, 6) is 0.588. The van der Waals surface area contributed by atoms with Crippen molar-refractivity contribution >= 4 is 32.6 Å². The molecule has 0 bridgehead atoms. The number of sulfone groups is 1. The molecule has 1 aromatic heterocycles. The number of piperidine rings is 1. The zero-order valence-electron chi connectivity index (χ0n) is 20.0. The number of nitrogens with two attached hydrogens (primary N) is 1. The summed E-state index contributed by atoms with van der Waals surface area (Å²) in [5.41, 5.74) is 5.15. The van der Waals surface area contributed by atoms with E-state index in [-0.39, 0.29) is 16.7 Å². The van der Waals surface area contributed by atoms with Crippen molar-refractivity contribution < 1.29 is 26.3 Å². The van der Waals surface area contributed by atoms with Crippen LogP contribution in [0.2, 0.25) is 0 Å². The van der Waals surface area contributed by atoms with E-state index in [9.17, 15) is 21.6 Å². The fourth-order valence-corrected chi connectivity index (χ4v) is 5.40. The summed E-state index contributed by atoms with van der Waals surface area (Å²) in [5, 5.41) is 3.27. The average Bonchev–Trinajstić information content (AvgIpc) is 3.34. The molecule has 0 atom stereocenters. The lowest BCUT2D eigenvalue weighted by Gasteiger charge is -2.23. The fourth-order valence-electron chi connectivity index (χ4n) is 3.77. The molecule has 3 aromatic rings. The maximum absolute atomic E-state index is 13.3. The number of nitrogens with one attached hydrogen (secondary N) is 1. The van der Waals surface area contributed by atoms with Gasteiger partial charge in [0.2, 0.25) is 0 Å². The second-order valence-corrected chi connectivity index (χ2v) is 11.7. The Morgan fingerprint density at radius 3 is 2.54 bits per heavy atom. The molecule has 0 amide bonds. The number of hydrogen-bond acceptors (Lipinski definition) is 7. The number of halogens is 3. The molecule has 0 unspecified atom stereocenters. The largest absolute Gasteiger partial charge is 0.490 e. The molecule has 1 fully saturated rings. The van der Waals surface area contributed by atoms with Gasteiger partial charge in [-0.25, -0.2) is 13.4 Å². The number of ether oxygens (including phenoxy) is 1. The monoisotopic (exact) mass is 549 g/mol. The molecule has 1 saturated heterocycles. The second kappa shape index (κ2) is 11.1. The molecule has 0 aliphatic carbocycles. The Labute approximate surface area is 217 Å². The minimum absolute atomic E-state index is 0.0318. The Bertz CT molecular complexity index is 1420. The number of thiophene rings is 1. The third-order valence-electron chi connectivity index (χ3n) is 5.68. The van der Waals surface area contributed by atoms with Crippen LogP contribution in [0.1, 0.15) is 17.7 Å². The van der Waals surface area contributed by atoms with E-state index in [4.69, 9.17) is 10.5 Å². The summed E-state index contributed by atoms with van der Waals surface area (Å²) in [6.45, 7) is 1.73. The summed E-state index contributed by atoms with van der Waals surface area (Å²) in [7, 11) is -3.42. The van der Waals surface area contributed by atoms with Crippen LogP contribution in [0, 0.1) is 0 Å². The molecule has 196 valence electrons. The van der Waals surface area contributed by atoms with Crippen LogP contribution in [-0.4, -0.2) is 45.8 Å². The summed E-state index contributed by atoms with van der Waals surface area (Å²) in [6, 6.07) is 16.6. The number of hydrogen-bond donors (Lipinski definition) is 2. The van der Waals surface area contributed by atoms with Gasteiger partial charge in [-0.3, -0.25) is 0 Å². The molecule has 3 N–H and O–H groups in total. The van der Waals surface area contributed by atoms with Crippen LogP contribution in [0.25, 0.3) is 10.4 Å². The number of alkyl halides is 3. The lowest BCUT2D eigenvalue weighted by Crippen LogP contribution is -2.34. The first-order valence-electron chi connectivity index (χ1n) is 11.5. The minimum Gasteiger partial charge on any atom is -0.490 e. The Balaban J connectivity index is 1.70. The molecule has 0 radical (unpaired) electrons. The Hall–Kier alpha value is -3.15. The van der Waals surface area contributed by atoms with Gasteiger partial charge in [-0.2, -0.15) is 13.2 Å². The molecule has 1 aliphatic heterocycles. The number of nitrogens with zero attached hydrogens (tertiary/aromatic N) is 1. The topological polar surface area (TPSA) is 93.8 Å². The minimum atomic E-state index is -4.72. The predicted octanol–water partition coefficient (Wildman–Crippen LogP) is 5.48. The van der Waals surface area contributed by atoms with E-state index in [1.807, 2.05) is 0 Å². The van der Waals surface area contributed by atoms with Gasteiger partial charge >= 0.3 is 6.18 Å². The molecule has 6 nitrogen and oxygen atoms in total. The van der Waals surface area contributed by atoms with E-state index in [2.05, 4.69) is 10.3 Å². The third-order valence-corrected chi connectivity index (χ3v) is 7.95. The number of aliphatic imine (C=N–C) groups is 1. The summed E-state index contributed by atoms with van der Waals surface area (Å²) < 4.78 is 69.8. The van der Waals surface area contributed by atoms with E-state index in [0.717, 1.165) is 38.3 Å². The summed E-state index contributed by atoms with van der Waals surface area (Å²) >= 11 is 1.19. The average molecular weight is 550 g/mol. The van der Waals surface area contributed by atoms with E-state index >= 15 is 0 Å². The lowest BCUT2D eigenvalue weighted by atomic mass is 10.1. The molecule has 37 heavy (non-hydrogen) atoms. The zero-order valence-corrected chi connectivity index (χ0v) is 21.6. The molecule has 0 saturated carbocycles. The van der Waals surface area contributed by atoms with Gasteiger partial charge < -0.3 is 15.8 Å². The van der Waals surface area contributed by atoms with Crippen LogP contribution in [-0.2, 0) is 9.84 Å². The number of rotatable bonds is 7. The molecular weight excluding hydrogens is 523 g/mol. The summed E-state index contributed by atoms with van der Waals surface area (Å²) in [4.78, 5) is 5.75. The van der Waals surface area contributed by atoms with Gasteiger partial charge in [0.25, 0.3) is 0 Å². The zero-order chi connectivity index (χ0) is 26.6. The highest BCUT2D eigenvalue weighted by atomic mass is 32.2. The smallest absolute Gasteiger partial charge is 0.430 e. The quantitative estimate of drug-likeness (QED) is 0.381. The van der Waals surface area contributed by atoms with Crippen LogP contribution in [0.4, 0.5) is 18.9 Å². The van der Waals surface area contributed by atoms with Gasteiger partial charge in [-0.1, -0.05) is 18.2 Å². The van der Waals surface area contributed by atoms with Crippen LogP contribution in [0.5, 0.6) is 5.75 Å². The second-order valence-electron chi connectivity index (χ2n) is 8.62. The Kier molecular flexibility index (Phi) is 8.05. The molecular formula is C26H26F3N3O3S2. The normalized spacial score (nSPS) is 16.1. The van der Waals surface area contributed by atoms with E-state index < -0.39 is 21.7 Å². The van der Waals surface area contributed by atoms with E-state index in [0.29, 0.717) is 26.8 Å². The maximum atomic E-state index is 13.3. The van der Waals surface area contributed by atoms with Crippen LogP contribution in [0.15, 0.2) is 82.3 Å². The van der Waals surface area contributed by atoms with Crippen molar-refractivity contribution in [3.05, 3.63) is 77.3 Å². The van der Waals surface area contributed by atoms with Gasteiger partial charge in [-0.15, -0.1) is 11.3 Å². The molecule has 1 aliphatic rings. The molecule has 2 aromatic carbocycles.